The summed E-state index contributed by atoms with van der Waals surface area (Å²) in [5.41, 5.74) is 1.33. The van der Waals surface area contributed by atoms with E-state index in [4.69, 9.17) is 11.6 Å². The standard InChI is InChI=1S/C19H23ClN4O3S/c1-15-5-3-4-6-17(15)24(28(2,26)27)14-19(25)23-11-9-22(10-12-23)18-8-7-16(20)13-21-18/h3-8,13H,9-12,14H2,1-2H3. The van der Waals surface area contributed by atoms with Crippen LogP contribution in [-0.4, -0.2) is 63.2 Å². The Morgan fingerprint density at radius 1 is 1.14 bits per heavy atom. The summed E-state index contributed by atoms with van der Waals surface area (Å²) in [5, 5.41) is 0.578. The molecule has 7 nitrogen and oxygen atoms in total. The Kier molecular flexibility index (Phi) is 6.10. The van der Waals surface area contributed by atoms with Crippen LogP contribution >= 0.6 is 11.6 Å². The highest BCUT2D eigenvalue weighted by atomic mass is 35.5. The predicted octanol–water partition coefficient (Wildman–Crippen LogP) is 2.16. The van der Waals surface area contributed by atoms with E-state index >= 15 is 0 Å². The van der Waals surface area contributed by atoms with Gasteiger partial charge in [-0.2, -0.15) is 0 Å². The molecule has 1 amide bonds. The molecule has 0 N–H and O–H groups in total. The van der Waals surface area contributed by atoms with E-state index in [9.17, 15) is 13.2 Å². The predicted molar refractivity (Wildman–Crippen MR) is 111 cm³/mol. The van der Waals surface area contributed by atoms with E-state index in [-0.39, 0.29) is 12.5 Å². The van der Waals surface area contributed by atoms with E-state index < -0.39 is 10.0 Å². The second kappa shape index (κ2) is 8.36. The highest BCUT2D eigenvalue weighted by Crippen LogP contribution is 2.22. The zero-order chi connectivity index (χ0) is 20.3. The molecule has 0 spiro atoms. The quantitative estimate of drug-likeness (QED) is 0.738. The van der Waals surface area contributed by atoms with Gasteiger partial charge in [-0.3, -0.25) is 9.10 Å². The van der Waals surface area contributed by atoms with Gasteiger partial charge in [-0.1, -0.05) is 29.8 Å². The van der Waals surface area contributed by atoms with E-state index in [1.54, 1.807) is 29.3 Å². The van der Waals surface area contributed by atoms with Gasteiger partial charge in [0.15, 0.2) is 0 Å². The number of benzene rings is 1. The molecule has 1 aromatic heterocycles. The molecule has 150 valence electrons. The van der Waals surface area contributed by atoms with Crippen LogP contribution in [-0.2, 0) is 14.8 Å². The van der Waals surface area contributed by atoms with Crippen molar-refractivity contribution in [3.05, 3.63) is 53.2 Å². The van der Waals surface area contributed by atoms with Crippen molar-refractivity contribution in [3.8, 4) is 0 Å². The van der Waals surface area contributed by atoms with Crippen LogP contribution in [0.2, 0.25) is 5.02 Å². The first-order chi connectivity index (χ1) is 13.3. The Morgan fingerprint density at radius 3 is 2.39 bits per heavy atom. The van der Waals surface area contributed by atoms with Crippen molar-refractivity contribution < 1.29 is 13.2 Å². The molecule has 2 aromatic rings. The highest BCUT2D eigenvalue weighted by Gasteiger charge is 2.27. The maximum Gasteiger partial charge on any atom is 0.243 e. The van der Waals surface area contributed by atoms with E-state index in [2.05, 4.69) is 9.88 Å². The van der Waals surface area contributed by atoms with Gasteiger partial charge in [-0.05, 0) is 30.7 Å². The lowest BCUT2D eigenvalue weighted by molar-refractivity contribution is -0.129. The SMILES string of the molecule is Cc1ccccc1N(CC(=O)N1CCN(c2ccc(Cl)cn2)CC1)S(C)(=O)=O. The number of halogens is 1. The van der Waals surface area contributed by atoms with Crippen molar-refractivity contribution >= 4 is 39.0 Å². The molecule has 1 saturated heterocycles. The lowest BCUT2D eigenvalue weighted by Crippen LogP contribution is -2.52. The molecule has 0 unspecified atom stereocenters. The molecule has 0 radical (unpaired) electrons. The molecule has 2 heterocycles. The van der Waals surface area contributed by atoms with Gasteiger partial charge in [0, 0.05) is 32.4 Å². The lowest BCUT2D eigenvalue weighted by Gasteiger charge is -2.36. The van der Waals surface area contributed by atoms with Crippen LogP contribution in [0.5, 0.6) is 0 Å². The Bertz CT molecular complexity index is 942. The van der Waals surface area contributed by atoms with E-state index in [0.717, 1.165) is 17.6 Å². The number of hydrogen-bond acceptors (Lipinski definition) is 5. The van der Waals surface area contributed by atoms with E-state index in [1.165, 1.54) is 4.31 Å². The Hall–Kier alpha value is -2.32. The minimum atomic E-state index is -3.58. The number of aryl methyl sites for hydroxylation is 1. The number of nitrogens with zero attached hydrogens (tertiary/aromatic N) is 4. The molecule has 1 fully saturated rings. The summed E-state index contributed by atoms with van der Waals surface area (Å²) in [5.74, 6) is 0.603. The summed E-state index contributed by atoms with van der Waals surface area (Å²) in [6.07, 6.45) is 2.72. The Balaban J connectivity index is 1.67. The molecular weight excluding hydrogens is 400 g/mol. The fraction of sp³-hybridized carbons (Fsp3) is 0.368. The number of piperazine rings is 1. The molecule has 28 heavy (non-hydrogen) atoms. The van der Waals surface area contributed by atoms with Crippen LogP contribution in [0.3, 0.4) is 0 Å². The van der Waals surface area contributed by atoms with Crippen LogP contribution in [0.4, 0.5) is 11.5 Å². The molecule has 1 aliphatic heterocycles. The highest BCUT2D eigenvalue weighted by molar-refractivity contribution is 7.92. The summed E-state index contributed by atoms with van der Waals surface area (Å²) >= 11 is 5.87. The normalized spacial score (nSPS) is 14.8. The number of carbonyl (C=O) groups excluding carboxylic acids is 1. The summed E-state index contributed by atoms with van der Waals surface area (Å²) in [7, 11) is -3.58. The van der Waals surface area contributed by atoms with Crippen molar-refractivity contribution in [2.75, 3.05) is 48.2 Å². The molecule has 0 bridgehead atoms. The van der Waals surface area contributed by atoms with Crippen molar-refractivity contribution in [1.82, 2.24) is 9.88 Å². The van der Waals surface area contributed by atoms with Gasteiger partial charge in [0.2, 0.25) is 15.9 Å². The van der Waals surface area contributed by atoms with Crippen molar-refractivity contribution in [2.24, 2.45) is 0 Å². The summed E-state index contributed by atoms with van der Waals surface area (Å²) < 4.78 is 25.8. The van der Waals surface area contributed by atoms with Gasteiger partial charge in [-0.15, -0.1) is 0 Å². The Morgan fingerprint density at radius 2 is 1.82 bits per heavy atom. The third kappa shape index (κ3) is 4.74. The molecule has 0 saturated carbocycles. The first kappa shape index (κ1) is 20.4. The van der Waals surface area contributed by atoms with E-state index in [0.29, 0.717) is 36.9 Å². The largest absolute Gasteiger partial charge is 0.353 e. The molecule has 0 aliphatic carbocycles. The van der Waals surface area contributed by atoms with Gasteiger partial charge in [0.25, 0.3) is 0 Å². The average molecular weight is 423 g/mol. The maximum absolute atomic E-state index is 12.8. The van der Waals surface area contributed by atoms with Gasteiger partial charge in [-0.25, -0.2) is 13.4 Å². The van der Waals surface area contributed by atoms with Crippen LogP contribution in [0, 0.1) is 6.92 Å². The third-order valence-corrected chi connectivity index (χ3v) is 6.08. The first-order valence-corrected chi connectivity index (χ1v) is 11.2. The summed E-state index contributed by atoms with van der Waals surface area (Å²) in [4.78, 5) is 20.9. The minimum absolute atomic E-state index is 0.205. The number of hydrogen-bond donors (Lipinski definition) is 0. The Labute approximate surface area is 170 Å². The van der Waals surface area contributed by atoms with Crippen LogP contribution in [0.25, 0.3) is 0 Å². The number of para-hydroxylation sites is 1. The van der Waals surface area contributed by atoms with Crippen LogP contribution in [0.15, 0.2) is 42.6 Å². The molecule has 1 aliphatic rings. The van der Waals surface area contributed by atoms with Crippen molar-refractivity contribution in [1.29, 1.82) is 0 Å². The van der Waals surface area contributed by atoms with Crippen molar-refractivity contribution in [3.63, 3.8) is 0 Å². The number of anilines is 2. The number of aromatic nitrogens is 1. The van der Waals surface area contributed by atoms with Crippen LogP contribution in [0.1, 0.15) is 5.56 Å². The second-order valence-electron chi connectivity index (χ2n) is 6.76. The van der Waals surface area contributed by atoms with Crippen LogP contribution < -0.4 is 9.21 Å². The van der Waals surface area contributed by atoms with Crippen molar-refractivity contribution in [2.45, 2.75) is 6.92 Å². The number of sulfonamides is 1. The fourth-order valence-electron chi connectivity index (χ4n) is 3.19. The fourth-order valence-corrected chi connectivity index (χ4v) is 4.21. The zero-order valence-electron chi connectivity index (χ0n) is 15.9. The molecule has 3 rings (SSSR count). The molecule has 9 heteroatoms. The smallest absolute Gasteiger partial charge is 0.243 e. The monoisotopic (exact) mass is 422 g/mol. The average Bonchev–Trinajstić information content (AvgIpc) is 2.66. The molecule has 1 aromatic carbocycles. The van der Waals surface area contributed by atoms with E-state index in [1.807, 2.05) is 25.1 Å². The van der Waals surface area contributed by atoms with Gasteiger partial charge in [0.05, 0.1) is 17.0 Å². The maximum atomic E-state index is 12.8. The lowest BCUT2D eigenvalue weighted by atomic mass is 10.2. The van der Waals surface area contributed by atoms with Gasteiger partial charge < -0.3 is 9.80 Å². The number of pyridine rings is 1. The topological polar surface area (TPSA) is 73.8 Å². The third-order valence-electron chi connectivity index (χ3n) is 4.73. The summed E-state index contributed by atoms with van der Waals surface area (Å²) in [6, 6.07) is 10.8. The number of rotatable bonds is 5. The van der Waals surface area contributed by atoms with Gasteiger partial charge >= 0.3 is 0 Å². The zero-order valence-corrected chi connectivity index (χ0v) is 17.4. The first-order valence-electron chi connectivity index (χ1n) is 8.93. The number of amides is 1. The minimum Gasteiger partial charge on any atom is -0.353 e. The molecular formula is C19H23ClN4O3S. The second-order valence-corrected chi connectivity index (χ2v) is 9.10. The summed E-state index contributed by atoms with van der Waals surface area (Å²) in [6.45, 7) is 3.90. The molecule has 0 atom stereocenters. The van der Waals surface area contributed by atoms with Gasteiger partial charge in [0.1, 0.15) is 12.4 Å². The number of carbonyl (C=O) groups is 1.